The molecule has 1 rings (SSSR count). The zero-order chi connectivity index (χ0) is 11.3. The van der Waals surface area contributed by atoms with E-state index in [1.165, 1.54) is 20.0 Å². The minimum Gasteiger partial charge on any atom is -0.466 e. The smallest absolute Gasteiger partial charge is 0.333 e. The number of hydrogen-bond donors (Lipinski definition) is 1. The van der Waals surface area contributed by atoms with Gasteiger partial charge >= 0.3 is 5.97 Å². The number of carbonyl (C=O) groups is 1. The lowest BCUT2D eigenvalue weighted by molar-refractivity contribution is -0.136. The molecule has 0 aromatic rings. The highest BCUT2D eigenvalue weighted by atomic mass is 16.5. The van der Waals surface area contributed by atoms with Crippen LogP contribution in [0.3, 0.4) is 0 Å². The fourth-order valence-corrected chi connectivity index (χ4v) is 1.79. The monoisotopic (exact) mass is 211 g/mol. The van der Waals surface area contributed by atoms with Crippen LogP contribution in [0.15, 0.2) is 11.6 Å². The Morgan fingerprint density at radius 1 is 1.53 bits per heavy atom. The van der Waals surface area contributed by atoms with Crippen molar-refractivity contribution in [2.75, 3.05) is 13.7 Å². The van der Waals surface area contributed by atoms with E-state index in [0.717, 1.165) is 24.5 Å². The first-order valence-electron chi connectivity index (χ1n) is 5.73. The Balaban J connectivity index is 2.26. The minimum absolute atomic E-state index is 0.206. The predicted octanol–water partition coefficient (Wildman–Crippen LogP) is 1.88. The molecule has 0 aromatic heterocycles. The van der Waals surface area contributed by atoms with Crippen molar-refractivity contribution in [2.45, 2.75) is 39.2 Å². The van der Waals surface area contributed by atoms with E-state index in [4.69, 9.17) is 0 Å². The summed E-state index contributed by atoms with van der Waals surface area (Å²) in [5, 5.41) is 3.42. The van der Waals surface area contributed by atoms with Crippen LogP contribution in [0.2, 0.25) is 0 Å². The highest BCUT2D eigenvalue weighted by Crippen LogP contribution is 2.32. The molecular weight excluding hydrogens is 190 g/mol. The fraction of sp³-hybridized carbons (Fsp3) is 0.750. The number of carbonyl (C=O) groups excluding carboxylic acids is 1. The van der Waals surface area contributed by atoms with Gasteiger partial charge in [0.15, 0.2) is 0 Å². The summed E-state index contributed by atoms with van der Waals surface area (Å²) < 4.78 is 4.68. The van der Waals surface area contributed by atoms with Gasteiger partial charge in [-0.25, -0.2) is 4.79 Å². The number of esters is 1. The van der Waals surface area contributed by atoms with Crippen LogP contribution in [-0.4, -0.2) is 25.7 Å². The summed E-state index contributed by atoms with van der Waals surface area (Å²) in [7, 11) is 1.42. The molecule has 0 aromatic carbocycles. The van der Waals surface area contributed by atoms with Crippen LogP contribution in [0, 0.1) is 5.92 Å². The van der Waals surface area contributed by atoms with E-state index in [9.17, 15) is 4.79 Å². The second-order valence-electron chi connectivity index (χ2n) is 3.99. The van der Waals surface area contributed by atoms with E-state index < -0.39 is 0 Å². The molecule has 15 heavy (non-hydrogen) atoms. The molecule has 2 unspecified atom stereocenters. The van der Waals surface area contributed by atoms with Gasteiger partial charge in [-0.2, -0.15) is 0 Å². The molecule has 0 amide bonds. The topological polar surface area (TPSA) is 38.3 Å². The summed E-state index contributed by atoms with van der Waals surface area (Å²) in [5.74, 6) is 0.642. The van der Waals surface area contributed by atoms with Crippen LogP contribution < -0.4 is 5.32 Å². The molecule has 0 bridgehead atoms. The Kier molecular flexibility index (Phi) is 4.82. The summed E-state index contributed by atoms with van der Waals surface area (Å²) in [6.07, 6.45) is 5.20. The lowest BCUT2D eigenvalue weighted by atomic mass is 10.2. The third-order valence-corrected chi connectivity index (χ3v) is 3.00. The Morgan fingerprint density at radius 2 is 2.27 bits per heavy atom. The maximum Gasteiger partial charge on any atom is 0.333 e. The zero-order valence-corrected chi connectivity index (χ0v) is 9.88. The molecule has 0 radical (unpaired) electrons. The van der Waals surface area contributed by atoms with Gasteiger partial charge in [0.2, 0.25) is 0 Å². The van der Waals surface area contributed by atoms with E-state index in [0.29, 0.717) is 6.04 Å². The van der Waals surface area contributed by atoms with Crippen molar-refractivity contribution in [2.24, 2.45) is 5.92 Å². The lowest BCUT2D eigenvalue weighted by Crippen LogP contribution is -2.19. The molecule has 3 nitrogen and oxygen atoms in total. The average molecular weight is 211 g/mol. The van der Waals surface area contributed by atoms with Crippen LogP contribution in [0.5, 0.6) is 0 Å². The summed E-state index contributed by atoms with van der Waals surface area (Å²) in [4.78, 5) is 11.2. The standard InChI is InChI=1S/C12H21NO2/c1-4-9(12(14)15-3)6-7-13-11-8-10(11)5-2/h6,10-11,13H,4-5,7-8H2,1-3H3/b9-6-. The van der Waals surface area contributed by atoms with E-state index in [1.54, 1.807) is 0 Å². The normalized spacial score (nSPS) is 25.1. The minimum atomic E-state index is -0.206. The Hall–Kier alpha value is -0.830. The van der Waals surface area contributed by atoms with E-state index >= 15 is 0 Å². The van der Waals surface area contributed by atoms with Crippen molar-refractivity contribution in [1.29, 1.82) is 0 Å². The number of nitrogens with one attached hydrogen (secondary N) is 1. The van der Waals surface area contributed by atoms with Crippen LogP contribution in [0.4, 0.5) is 0 Å². The first-order valence-corrected chi connectivity index (χ1v) is 5.73. The van der Waals surface area contributed by atoms with Crippen molar-refractivity contribution in [3.05, 3.63) is 11.6 Å². The molecule has 1 N–H and O–H groups in total. The zero-order valence-electron chi connectivity index (χ0n) is 9.88. The molecule has 3 heteroatoms. The van der Waals surface area contributed by atoms with Crippen molar-refractivity contribution in [3.63, 3.8) is 0 Å². The second kappa shape index (κ2) is 5.91. The number of hydrogen-bond acceptors (Lipinski definition) is 3. The van der Waals surface area contributed by atoms with Gasteiger partial charge in [-0.1, -0.05) is 26.3 Å². The van der Waals surface area contributed by atoms with Gasteiger partial charge in [0.05, 0.1) is 7.11 Å². The summed E-state index contributed by atoms with van der Waals surface area (Å²) in [6, 6.07) is 0.669. The number of methoxy groups -OCH3 is 1. The van der Waals surface area contributed by atoms with Crippen molar-refractivity contribution in [1.82, 2.24) is 5.32 Å². The highest BCUT2D eigenvalue weighted by Gasteiger charge is 2.34. The predicted molar refractivity (Wildman–Crippen MR) is 60.6 cm³/mol. The maximum atomic E-state index is 11.2. The van der Waals surface area contributed by atoms with Gasteiger partial charge in [0.25, 0.3) is 0 Å². The fourth-order valence-electron chi connectivity index (χ4n) is 1.79. The highest BCUT2D eigenvalue weighted by molar-refractivity contribution is 5.88. The largest absolute Gasteiger partial charge is 0.466 e. The van der Waals surface area contributed by atoms with Gasteiger partial charge in [0, 0.05) is 18.2 Å². The van der Waals surface area contributed by atoms with E-state index in [2.05, 4.69) is 17.0 Å². The molecule has 0 aliphatic heterocycles. The van der Waals surface area contributed by atoms with E-state index in [1.807, 2.05) is 13.0 Å². The summed E-state index contributed by atoms with van der Waals surface area (Å²) in [6.45, 7) is 4.96. The lowest BCUT2D eigenvalue weighted by Gasteiger charge is -2.03. The Bertz CT molecular complexity index is 248. The van der Waals surface area contributed by atoms with Gasteiger partial charge in [-0.05, 0) is 18.8 Å². The molecule has 0 spiro atoms. The quantitative estimate of drug-likeness (QED) is 0.538. The van der Waals surface area contributed by atoms with Gasteiger partial charge < -0.3 is 10.1 Å². The number of ether oxygens (including phenoxy) is 1. The molecule has 1 saturated carbocycles. The molecule has 0 heterocycles. The molecule has 1 aliphatic carbocycles. The Labute approximate surface area is 91.9 Å². The first kappa shape index (κ1) is 12.2. The molecule has 1 fully saturated rings. The molecule has 86 valence electrons. The molecule has 2 atom stereocenters. The third-order valence-electron chi connectivity index (χ3n) is 3.00. The third kappa shape index (κ3) is 3.67. The van der Waals surface area contributed by atoms with E-state index in [-0.39, 0.29) is 5.97 Å². The van der Waals surface area contributed by atoms with Crippen molar-refractivity contribution >= 4 is 5.97 Å². The van der Waals surface area contributed by atoms with Gasteiger partial charge in [-0.15, -0.1) is 0 Å². The molecular formula is C12H21NO2. The molecule has 1 aliphatic rings. The number of rotatable bonds is 6. The van der Waals surface area contributed by atoms with Gasteiger partial charge in [0.1, 0.15) is 0 Å². The second-order valence-corrected chi connectivity index (χ2v) is 3.99. The van der Waals surface area contributed by atoms with Gasteiger partial charge in [-0.3, -0.25) is 0 Å². The van der Waals surface area contributed by atoms with Crippen LogP contribution in [-0.2, 0) is 9.53 Å². The van der Waals surface area contributed by atoms with Crippen LogP contribution in [0.1, 0.15) is 33.1 Å². The van der Waals surface area contributed by atoms with Crippen LogP contribution >= 0.6 is 0 Å². The van der Waals surface area contributed by atoms with Crippen LogP contribution in [0.25, 0.3) is 0 Å². The molecule has 0 saturated heterocycles. The summed E-state index contributed by atoms with van der Waals surface area (Å²) in [5.41, 5.74) is 0.763. The SMILES string of the molecule is CC/C(=C/CNC1CC1CC)C(=O)OC. The average Bonchev–Trinajstić information content (AvgIpc) is 3.02. The Morgan fingerprint density at radius 3 is 2.73 bits per heavy atom. The van der Waals surface area contributed by atoms with Crippen molar-refractivity contribution in [3.8, 4) is 0 Å². The maximum absolute atomic E-state index is 11.2. The summed E-state index contributed by atoms with van der Waals surface area (Å²) >= 11 is 0. The van der Waals surface area contributed by atoms with Crippen molar-refractivity contribution < 1.29 is 9.53 Å². The first-order chi connectivity index (χ1) is 7.22.